The Morgan fingerprint density at radius 1 is 0.902 bits per heavy atom. The fraction of sp³-hybridized carbons (Fsp3) is 0.531. The molecule has 1 unspecified atom stereocenters. The summed E-state index contributed by atoms with van der Waals surface area (Å²) < 4.78 is 27.9. The third-order valence-electron chi connectivity index (χ3n) is 7.02. The lowest BCUT2D eigenvalue weighted by atomic mass is 9.91. The van der Waals surface area contributed by atoms with Crippen molar-refractivity contribution in [1.29, 1.82) is 0 Å². The number of carbonyl (C=O) groups is 3. The topological polar surface area (TPSA) is 98.7 Å². The number of halogens is 2. The minimum absolute atomic E-state index is 0.0543. The average Bonchev–Trinajstić information content (AvgIpc) is 2.94. The minimum Gasteiger partial charge on any atom is -0.391 e. The Balaban J connectivity index is 2.29. The summed E-state index contributed by atoms with van der Waals surface area (Å²) in [5.41, 5.74) is 0.848. The number of nitrogens with zero attached hydrogens (tertiary/aromatic N) is 1. The van der Waals surface area contributed by atoms with Gasteiger partial charge >= 0.3 is 0 Å². The van der Waals surface area contributed by atoms with Crippen LogP contribution in [0.5, 0.6) is 0 Å². The Kier molecular flexibility index (Phi) is 14.4. The molecule has 226 valence electrons. The summed E-state index contributed by atoms with van der Waals surface area (Å²) in [5, 5.41) is 16.9. The second-order valence-electron chi connectivity index (χ2n) is 10.5. The van der Waals surface area contributed by atoms with Gasteiger partial charge in [-0.25, -0.2) is 8.78 Å². The molecule has 3 atom stereocenters. The lowest BCUT2D eigenvalue weighted by Gasteiger charge is -2.27. The normalized spacial score (nSPS) is 13.2. The molecule has 0 aliphatic rings. The fourth-order valence-electron chi connectivity index (χ4n) is 4.80. The number of nitrogens with one attached hydrogen (secondary N) is 2. The van der Waals surface area contributed by atoms with E-state index in [9.17, 15) is 28.3 Å². The first-order chi connectivity index (χ1) is 19.6. The van der Waals surface area contributed by atoms with Gasteiger partial charge in [-0.2, -0.15) is 0 Å². The molecule has 0 fully saturated rings. The first-order valence-corrected chi connectivity index (χ1v) is 14.7. The highest BCUT2D eigenvalue weighted by Gasteiger charge is 2.28. The van der Waals surface area contributed by atoms with E-state index >= 15 is 0 Å². The molecule has 7 nitrogen and oxygen atoms in total. The summed E-state index contributed by atoms with van der Waals surface area (Å²) in [6, 6.07) is 8.47. The van der Waals surface area contributed by atoms with Gasteiger partial charge in [0.2, 0.25) is 5.91 Å². The molecule has 9 heteroatoms. The van der Waals surface area contributed by atoms with Crippen molar-refractivity contribution in [2.45, 2.75) is 84.8 Å². The quantitative estimate of drug-likeness (QED) is 0.225. The van der Waals surface area contributed by atoms with Crippen molar-refractivity contribution in [1.82, 2.24) is 15.5 Å². The van der Waals surface area contributed by atoms with E-state index in [1.54, 1.807) is 23.1 Å². The molecule has 0 aliphatic heterocycles. The number of rotatable bonds is 17. The predicted molar refractivity (Wildman–Crippen MR) is 157 cm³/mol. The van der Waals surface area contributed by atoms with Gasteiger partial charge in [0.1, 0.15) is 11.6 Å². The van der Waals surface area contributed by atoms with Crippen LogP contribution in [0.25, 0.3) is 0 Å². The van der Waals surface area contributed by atoms with E-state index in [2.05, 4.69) is 10.6 Å². The van der Waals surface area contributed by atoms with Crippen LogP contribution in [0, 0.1) is 17.6 Å². The fourth-order valence-corrected chi connectivity index (χ4v) is 4.80. The second kappa shape index (κ2) is 17.5. The smallest absolute Gasteiger partial charge is 0.253 e. The van der Waals surface area contributed by atoms with Crippen molar-refractivity contribution in [3.63, 3.8) is 0 Å². The summed E-state index contributed by atoms with van der Waals surface area (Å²) >= 11 is 0. The van der Waals surface area contributed by atoms with Gasteiger partial charge in [0, 0.05) is 42.7 Å². The van der Waals surface area contributed by atoms with E-state index in [0.29, 0.717) is 31.6 Å². The number of hydrogen-bond acceptors (Lipinski definition) is 4. The van der Waals surface area contributed by atoms with E-state index in [0.717, 1.165) is 43.9 Å². The number of hydrogen-bond donors (Lipinski definition) is 3. The van der Waals surface area contributed by atoms with E-state index in [1.807, 2.05) is 27.7 Å². The Morgan fingerprint density at radius 2 is 1.54 bits per heavy atom. The maximum atomic E-state index is 13.9. The molecule has 41 heavy (non-hydrogen) atoms. The van der Waals surface area contributed by atoms with E-state index < -0.39 is 35.6 Å². The molecule has 2 aromatic carbocycles. The van der Waals surface area contributed by atoms with Gasteiger partial charge in [0.05, 0.1) is 12.1 Å². The van der Waals surface area contributed by atoms with Crippen LogP contribution in [-0.4, -0.2) is 59.5 Å². The molecule has 0 aromatic heterocycles. The van der Waals surface area contributed by atoms with Crippen molar-refractivity contribution < 1.29 is 28.3 Å². The molecule has 0 aliphatic carbocycles. The van der Waals surface area contributed by atoms with Gasteiger partial charge in [-0.1, -0.05) is 40.2 Å². The molecule has 0 heterocycles. The van der Waals surface area contributed by atoms with Crippen molar-refractivity contribution in [3.8, 4) is 0 Å². The van der Waals surface area contributed by atoms with Gasteiger partial charge in [-0.15, -0.1) is 0 Å². The molecule has 2 aromatic rings. The summed E-state index contributed by atoms with van der Waals surface area (Å²) in [6.45, 7) is 9.59. The maximum Gasteiger partial charge on any atom is 0.253 e. The zero-order chi connectivity index (χ0) is 30.4. The number of amides is 3. The molecular weight excluding hydrogens is 528 g/mol. The standard InChI is InChI=1S/C32H45F2N3O4/c1-5-9-13-35-30(39)23(8-4)20-29(38)28(18-22-16-26(33)21-27(34)17-22)36-31(40)24-11-10-12-25(19-24)32(41)37(14-6-2)15-7-3/h10-12,16-17,19,21,23,28-29,38H,5-9,13-15,18,20H2,1-4H3,(H,35,39)(H,36,40)/t23-,28?,29+/m1/s1. The van der Waals surface area contributed by atoms with E-state index in [-0.39, 0.29) is 35.8 Å². The summed E-state index contributed by atoms with van der Waals surface area (Å²) in [5.74, 6) is -2.94. The highest BCUT2D eigenvalue weighted by molar-refractivity contribution is 5.99. The van der Waals surface area contributed by atoms with Crippen LogP contribution in [0.4, 0.5) is 8.78 Å². The van der Waals surface area contributed by atoms with Gasteiger partial charge in [0.15, 0.2) is 0 Å². The number of aliphatic hydroxyl groups is 1. The summed E-state index contributed by atoms with van der Waals surface area (Å²) in [6.07, 6.45) is 2.67. The van der Waals surface area contributed by atoms with Crippen LogP contribution in [-0.2, 0) is 11.2 Å². The molecular formula is C32H45F2N3O4. The third kappa shape index (κ3) is 10.9. The molecule has 0 spiro atoms. The van der Waals surface area contributed by atoms with Crippen LogP contribution in [0.1, 0.15) is 92.5 Å². The Morgan fingerprint density at radius 3 is 2.12 bits per heavy atom. The molecule has 2 rings (SSSR count). The van der Waals surface area contributed by atoms with Crippen molar-refractivity contribution in [3.05, 3.63) is 70.8 Å². The van der Waals surface area contributed by atoms with Gasteiger partial charge < -0.3 is 20.6 Å². The SMILES string of the molecule is CCCCNC(=O)[C@H](CC)C[C@H](O)C(Cc1cc(F)cc(F)c1)NC(=O)c1cccc(C(=O)N(CCC)CCC)c1. The Labute approximate surface area is 242 Å². The van der Waals surface area contributed by atoms with Crippen molar-refractivity contribution >= 4 is 17.7 Å². The van der Waals surface area contributed by atoms with Crippen molar-refractivity contribution in [2.24, 2.45) is 5.92 Å². The largest absolute Gasteiger partial charge is 0.391 e. The molecule has 0 saturated heterocycles. The Hall–Kier alpha value is -3.33. The minimum atomic E-state index is -1.18. The van der Waals surface area contributed by atoms with Crippen LogP contribution in [0.2, 0.25) is 0 Å². The third-order valence-corrected chi connectivity index (χ3v) is 7.02. The number of aliphatic hydroxyl groups excluding tert-OH is 1. The monoisotopic (exact) mass is 573 g/mol. The second-order valence-corrected chi connectivity index (χ2v) is 10.5. The molecule has 0 radical (unpaired) electrons. The maximum absolute atomic E-state index is 13.9. The molecule has 0 saturated carbocycles. The van der Waals surface area contributed by atoms with E-state index in [1.165, 1.54) is 6.07 Å². The highest BCUT2D eigenvalue weighted by Crippen LogP contribution is 2.19. The average molecular weight is 574 g/mol. The number of carbonyl (C=O) groups excluding carboxylic acids is 3. The predicted octanol–water partition coefficient (Wildman–Crippen LogP) is 5.26. The van der Waals surface area contributed by atoms with Crippen LogP contribution in [0.15, 0.2) is 42.5 Å². The highest BCUT2D eigenvalue weighted by atomic mass is 19.1. The number of benzene rings is 2. The van der Waals surface area contributed by atoms with E-state index in [4.69, 9.17) is 0 Å². The lowest BCUT2D eigenvalue weighted by molar-refractivity contribution is -0.126. The lowest BCUT2D eigenvalue weighted by Crippen LogP contribution is -2.46. The Bertz CT molecular complexity index is 1120. The summed E-state index contributed by atoms with van der Waals surface area (Å²) in [4.78, 5) is 40.9. The van der Waals surface area contributed by atoms with Crippen LogP contribution < -0.4 is 10.6 Å². The first-order valence-electron chi connectivity index (χ1n) is 14.7. The zero-order valence-electron chi connectivity index (χ0n) is 24.7. The van der Waals surface area contributed by atoms with Crippen molar-refractivity contribution in [2.75, 3.05) is 19.6 Å². The molecule has 0 bridgehead atoms. The zero-order valence-corrected chi connectivity index (χ0v) is 24.7. The van der Waals surface area contributed by atoms with Crippen LogP contribution >= 0.6 is 0 Å². The van der Waals surface area contributed by atoms with Gasteiger partial charge in [-0.3, -0.25) is 14.4 Å². The first kappa shape index (κ1) is 33.9. The molecule has 3 amide bonds. The van der Waals surface area contributed by atoms with Gasteiger partial charge in [0.25, 0.3) is 11.8 Å². The van der Waals surface area contributed by atoms with Crippen LogP contribution in [0.3, 0.4) is 0 Å². The van der Waals surface area contributed by atoms with Gasteiger partial charge in [-0.05, 0) is 74.4 Å². The number of unbranched alkanes of at least 4 members (excludes halogenated alkanes) is 1. The molecule has 3 N–H and O–H groups in total. The summed E-state index contributed by atoms with van der Waals surface area (Å²) in [7, 11) is 0.